The quantitative estimate of drug-likeness (QED) is 0.0344. The van der Waals surface area contributed by atoms with Gasteiger partial charge in [-0.05, 0) is 77.0 Å². The van der Waals surface area contributed by atoms with Crippen LogP contribution in [0.15, 0.2) is 48.6 Å². The first-order chi connectivity index (χ1) is 20.4. The van der Waals surface area contributed by atoms with Crippen LogP contribution in [0.25, 0.3) is 0 Å². The average molecular weight is 657 g/mol. The molecule has 5 nitrogen and oxygen atoms in total. The third-order valence-electron chi connectivity index (χ3n) is 6.98. The molecule has 8 heteroatoms. The van der Waals surface area contributed by atoms with E-state index >= 15 is 0 Å². The van der Waals surface area contributed by atoms with Crippen LogP contribution in [-0.4, -0.2) is 30.7 Å². The summed E-state index contributed by atoms with van der Waals surface area (Å²) < 4.78 is 39.9. The van der Waals surface area contributed by atoms with Crippen LogP contribution in [-0.2, 0) is 15.1 Å². The normalized spacial score (nSPS) is 11.7. The fraction of sp³-hybridized carbons (Fsp3) is 0.778. The summed E-state index contributed by atoms with van der Waals surface area (Å²) in [5.74, 6) is 0. The molecule has 0 aliphatic rings. The van der Waals surface area contributed by atoms with Crippen molar-refractivity contribution in [3.05, 3.63) is 48.6 Å². The van der Waals surface area contributed by atoms with Gasteiger partial charge in [0.1, 0.15) is 0 Å². The first-order valence-electron chi connectivity index (χ1n) is 17.3. The predicted molar refractivity (Wildman–Crippen MR) is 180 cm³/mol. The van der Waals surface area contributed by atoms with Crippen LogP contribution in [0, 0.1) is 0 Å². The molecule has 0 atom stereocenters. The molecule has 0 radical (unpaired) electrons. The minimum Gasteiger partial charge on any atom is -0.759 e. The topological polar surface area (TPSA) is 89.5 Å². The molecule has 248 valence electrons. The van der Waals surface area contributed by atoms with E-state index in [1.54, 1.807) is 0 Å². The second-order valence-corrected chi connectivity index (χ2v) is 12.0. The van der Waals surface area contributed by atoms with Gasteiger partial charge < -0.3 is 13.8 Å². The largest absolute Gasteiger partial charge is 1.00 e. The van der Waals surface area contributed by atoms with Gasteiger partial charge in [0.15, 0.2) is 0 Å². The van der Waals surface area contributed by atoms with Crippen molar-refractivity contribution in [3.63, 3.8) is 0 Å². The maximum Gasteiger partial charge on any atom is 1.00 e. The fourth-order valence-corrected chi connectivity index (χ4v) is 4.49. The number of rotatable bonds is 30. The molecule has 0 aromatic carbocycles. The molecule has 0 unspecified atom stereocenters. The molecule has 0 aromatic heterocycles. The van der Waals surface area contributed by atoms with Crippen molar-refractivity contribution in [2.24, 2.45) is 0 Å². The van der Waals surface area contributed by atoms with Crippen LogP contribution in [0.3, 0.4) is 0 Å². The molecule has 0 aliphatic carbocycles. The molecule has 0 spiro atoms. The van der Waals surface area contributed by atoms with Gasteiger partial charge in [-0.25, -0.2) is 0 Å². The van der Waals surface area contributed by atoms with Crippen LogP contribution >= 0.6 is 0 Å². The van der Waals surface area contributed by atoms with Crippen LogP contribution < -0.4 is 59.1 Å². The van der Waals surface area contributed by atoms with Crippen LogP contribution in [0.5, 0.6) is 0 Å². The summed E-state index contributed by atoms with van der Waals surface area (Å²) in [6.45, 7) is 6.47. The second kappa shape index (κ2) is 45.9. The molecule has 0 aliphatic heterocycles. The number of hydrogen-bond donors (Lipinski definition) is 0. The Hall–Kier alpha value is 0.790. The van der Waals surface area contributed by atoms with Crippen molar-refractivity contribution < 1.29 is 81.4 Å². The standard InChI is InChI=1S/C36H66O.2Na.H2O4S/c1-3-5-7-9-11-13-15-17-19-21-23-25-27-29-31-33-35-37-36-34-32-30-28-26-24-22-20-18-16-14-12-10-8-6-4-2;;;1-5(2,3)4/h11-14,17-20H,3-10,15-16,21-36H2,1-2H3;;;(H2,1,2,3,4)/q;2*+1;/p-2/b13-11-,14-12-,19-17-,20-18-;;;. The average Bonchev–Trinajstić information content (AvgIpc) is 2.94. The summed E-state index contributed by atoms with van der Waals surface area (Å²) in [5.41, 5.74) is 0. The van der Waals surface area contributed by atoms with Crippen molar-refractivity contribution in [1.29, 1.82) is 0 Å². The Morgan fingerprint density at radius 1 is 0.432 bits per heavy atom. The Labute approximate surface area is 318 Å². The number of allylic oxidation sites excluding steroid dienone is 8. The van der Waals surface area contributed by atoms with Crippen LogP contribution in [0.1, 0.15) is 168 Å². The SMILES string of the molecule is CCCCC/C=C\C/C=C\CCCCCCCCOCCCCCCCC/C=C\C/C=C\CCCCC.O=S(=O)([O-])[O-].[Na+].[Na+]. The van der Waals surface area contributed by atoms with Gasteiger partial charge in [0.05, 0.1) is 0 Å². The van der Waals surface area contributed by atoms with E-state index in [-0.39, 0.29) is 59.1 Å². The molecule has 0 rings (SSSR count). The minimum absolute atomic E-state index is 0. The van der Waals surface area contributed by atoms with Gasteiger partial charge in [-0.3, -0.25) is 8.42 Å². The summed E-state index contributed by atoms with van der Waals surface area (Å²) in [4.78, 5) is 0. The zero-order chi connectivity index (χ0) is 31.2. The first kappa shape index (κ1) is 51.6. The summed E-state index contributed by atoms with van der Waals surface area (Å²) in [5, 5.41) is 0. The van der Waals surface area contributed by atoms with E-state index < -0.39 is 10.4 Å². The van der Waals surface area contributed by atoms with E-state index in [1.165, 1.54) is 141 Å². The van der Waals surface area contributed by atoms with Crippen molar-refractivity contribution in [2.75, 3.05) is 13.2 Å². The summed E-state index contributed by atoms with van der Waals surface area (Å²) >= 11 is 0. The van der Waals surface area contributed by atoms with Gasteiger partial charge in [-0.15, -0.1) is 0 Å². The first-order valence-corrected chi connectivity index (χ1v) is 18.6. The van der Waals surface area contributed by atoms with E-state index in [2.05, 4.69) is 62.5 Å². The van der Waals surface area contributed by atoms with Gasteiger partial charge in [-0.2, -0.15) is 0 Å². The third kappa shape index (κ3) is 61.7. The van der Waals surface area contributed by atoms with Gasteiger partial charge in [-0.1, -0.05) is 140 Å². The zero-order valence-corrected chi connectivity index (χ0v) is 34.3. The fourth-order valence-electron chi connectivity index (χ4n) is 4.49. The van der Waals surface area contributed by atoms with Crippen molar-refractivity contribution in [1.82, 2.24) is 0 Å². The van der Waals surface area contributed by atoms with Gasteiger partial charge in [0, 0.05) is 23.6 Å². The molecule has 0 saturated heterocycles. The molecule has 44 heavy (non-hydrogen) atoms. The summed E-state index contributed by atoms with van der Waals surface area (Å²) in [7, 11) is -5.17. The molecule has 0 bridgehead atoms. The number of hydrogen-bond acceptors (Lipinski definition) is 5. The van der Waals surface area contributed by atoms with Crippen LogP contribution in [0.2, 0.25) is 0 Å². The Morgan fingerprint density at radius 3 is 0.977 bits per heavy atom. The second-order valence-electron chi connectivity index (χ2n) is 11.2. The summed E-state index contributed by atoms with van der Waals surface area (Å²) in [6, 6.07) is 0. The number of unbranched alkanes of at least 4 members (excludes halogenated alkanes) is 18. The third-order valence-corrected chi connectivity index (χ3v) is 6.98. The summed E-state index contributed by atoms with van der Waals surface area (Å²) in [6.07, 6.45) is 50.2. The van der Waals surface area contributed by atoms with Crippen LogP contribution in [0.4, 0.5) is 0 Å². The maximum absolute atomic E-state index is 8.52. The molecular weight excluding hydrogens is 590 g/mol. The molecule has 0 N–H and O–H groups in total. The van der Waals surface area contributed by atoms with E-state index in [0.29, 0.717) is 0 Å². The van der Waals surface area contributed by atoms with Gasteiger partial charge in [0.25, 0.3) is 0 Å². The van der Waals surface area contributed by atoms with Gasteiger partial charge in [0.2, 0.25) is 0 Å². The molecule has 0 saturated carbocycles. The monoisotopic (exact) mass is 656 g/mol. The molecule has 0 heterocycles. The molecule has 0 amide bonds. The zero-order valence-electron chi connectivity index (χ0n) is 29.5. The van der Waals surface area contributed by atoms with E-state index in [1.807, 2.05) is 0 Å². The maximum atomic E-state index is 8.52. The Kier molecular flexibility index (Phi) is 53.9. The molecular formula is C36H66Na2O5S. The number of ether oxygens (including phenoxy) is 1. The minimum atomic E-state index is -5.17. The smallest absolute Gasteiger partial charge is 0.759 e. The molecule has 0 aromatic rings. The van der Waals surface area contributed by atoms with Gasteiger partial charge >= 0.3 is 59.1 Å². The Balaban J connectivity index is -0.00000105. The van der Waals surface area contributed by atoms with E-state index in [4.69, 9.17) is 22.3 Å². The Morgan fingerprint density at radius 2 is 0.682 bits per heavy atom. The van der Waals surface area contributed by atoms with Crippen molar-refractivity contribution in [3.8, 4) is 0 Å². The predicted octanol–water partition coefficient (Wildman–Crippen LogP) is 5.30. The van der Waals surface area contributed by atoms with E-state index in [9.17, 15) is 0 Å². The van der Waals surface area contributed by atoms with Crippen molar-refractivity contribution in [2.45, 2.75) is 168 Å². The van der Waals surface area contributed by atoms with Crippen molar-refractivity contribution >= 4 is 10.4 Å². The molecule has 0 fully saturated rings. The van der Waals surface area contributed by atoms with E-state index in [0.717, 1.165) is 26.1 Å². The Bertz CT molecular complexity index is 683.